The molecule has 122 valence electrons. The molecule has 0 bridgehead atoms. The molecular weight excluding hydrogens is 344 g/mol. The standard InChI is InChI=1S/C17H25BrN2O2/c1-2-20(17(21)8-3-14-9-10-19-13-14)11-12-22-16-6-4-15(18)5-7-16/h4-7,14,19H,2-3,8-13H2,1H3. The van der Waals surface area contributed by atoms with Crippen LogP contribution in [0.5, 0.6) is 5.75 Å². The number of benzene rings is 1. The summed E-state index contributed by atoms with van der Waals surface area (Å²) in [7, 11) is 0. The fourth-order valence-corrected chi connectivity index (χ4v) is 2.97. The normalized spacial score (nSPS) is 17.5. The summed E-state index contributed by atoms with van der Waals surface area (Å²) in [6.45, 7) is 6.10. The number of nitrogens with one attached hydrogen (secondary N) is 1. The largest absolute Gasteiger partial charge is 0.492 e. The number of amides is 1. The van der Waals surface area contributed by atoms with Crippen molar-refractivity contribution in [2.24, 2.45) is 5.92 Å². The smallest absolute Gasteiger partial charge is 0.222 e. The predicted molar refractivity (Wildman–Crippen MR) is 92.1 cm³/mol. The van der Waals surface area contributed by atoms with E-state index in [0.29, 0.717) is 25.5 Å². The van der Waals surface area contributed by atoms with Crippen LogP contribution in [0.3, 0.4) is 0 Å². The second kappa shape index (κ2) is 9.16. The van der Waals surface area contributed by atoms with Gasteiger partial charge in [0.15, 0.2) is 0 Å². The lowest BCUT2D eigenvalue weighted by Gasteiger charge is -2.21. The molecule has 1 fully saturated rings. The first-order chi connectivity index (χ1) is 10.7. The van der Waals surface area contributed by atoms with Gasteiger partial charge in [-0.3, -0.25) is 4.79 Å². The number of hydrogen-bond donors (Lipinski definition) is 1. The summed E-state index contributed by atoms with van der Waals surface area (Å²) in [6.07, 6.45) is 2.85. The Morgan fingerprint density at radius 1 is 1.41 bits per heavy atom. The van der Waals surface area contributed by atoms with Gasteiger partial charge < -0.3 is 15.0 Å². The lowest BCUT2D eigenvalue weighted by Crippen LogP contribution is -2.34. The fraction of sp³-hybridized carbons (Fsp3) is 0.588. The van der Waals surface area contributed by atoms with Gasteiger partial charge in [0.25, 0.3) is 0 Å². The number of carbonyl (C=O) groups is 1. The van der Waals surface area contributed by atoms with Gasteiger partial charge in [-0.2, -0.15) is 0 Å². The van der Waals surface area contributed by atoms with E-state index in [2.05, 4.69) is 21.2 Å². The van der Waals surface area contributed by atoms with Crippen molar-refractivity contribution < 1.29 is 9.53 Å². The van der Waals surface area contributed by atoms with Gasteiger partial charge in [-0.05, 0) is 63.0 Å². The first-order valence-electron chi connectivity index (χ1n) is 8.06. The van der Waals surface area contributed by atoms with Crippen molar-refractivity contribution in [1.82, 2.24) is 10.2 Å². The van der Waals surface area contributed by atoms with Crippen LogP contribution in [-0.4, -0.2) is 43.6 Å². The van der Waals surface area contributed by atoms with Gasteiger partial charge in [-0.25, -0.2) is 0 Å². The summed E-state index contributed by atoms with van der Waals surface area (Å²) in [5.41, 5.74) is 0. The zero-order valence-electron chi connectivity index (χ0n) is 13.2. The lowest BCUT2D eigenvalue weighted by atomic mass is 10.0. The minimum atomic E-state index is 0.244. The topological polar surface area (TPSA) is 41.6 Å². The number of carbonyl (C=O) groups excluding carboxylic acids is 1. The van der Waals surface area contributed by atoms with Gasteiger partial charge in [0, 0.05) is 17.4 Å². The summed E-state index contributed by atoms with van der Waals surface area (Å²) in [5.74, 6) is 1.75. The van der Waals surface area contributed by atoms with Crippen LogP contribution in [-0.2, 0) is 4.79 Å². The maximum atomic E-state index is 12.3. The van der Waals surface area contributed by atoms with Crippen molar-refractivity contribution >= 4 is 21.8 Å². The van der Waals surface area contributed by atoms with E-state index >= 15 is 0 Å². The summed E-state index contributed by atoms with van der Waals surface area (Å²) in [5, 5.41) is 3.35. The van der Waals surface area contributed by atoms with E-state index in [1.54, 1.807) is 0 Å². The average molecular weight is 369 g/mol. The van der Waals surface area contributed by atoms with E-state index in [1.165, 1.54) is 6.42 Å². The highest BCUT2D eigenvalue weighted by atomic mass is 79.9. The van der Waals surface area contributed by atoms with E-state index in [-0.39, 0.29) is 5.91 Å². The first kappa shape index (κ1) is 17.3. The van der Waals surface area contributed by atoms with Crippen LogP contribution in [0.2, 0.25) is 0 Å². The molecule has 4 nitrogen and oxygen atoms in total. The number of rotatable bonds is 8. The predicted octanol–water partition coefficient (Wildman–Crippen LogP) is 3.07. The molecule has 0 radical (unpaired) electrons. The highest BCUT2D eigenvalue weighted by Crippen LogP contribution is 2.17. The quantitative estimate of drug-likeness (QED) is 0.766. The van der Waals surface area contributed by atoms with Gasteiger partial charge in [0.05, 0.1) is 6.54 Å². The maximum Gasteiger partial charge on any atom is 0.222 e. The first-order valence-corrected chi connectivity index (χ1v) is 8.85. The third-order valence-electron chi connectivity index (χ3n) is 4.11. The van der Waals surface area contributed by atoms with Gasteiger partial charge in [0.1, 0.15) is 12.4 Å². The molecule has 22 heavy (non-hydrogen) atoms. The Balaban J connectivity index is 1.68. The average Bonchev–Trinajstić information content (AvgIpc) is 3.04. The van der Waals surface area contributed by atoms with Crippen molar-refractivity contribution in [1.29, 1.82) is 0 Å². The summed E-state index contributed by atoms with van der Waals surface area (Å²) < 4.78 is 6.73. The molecule has 0 saturated carbocycles. The maximum absolute atomic E-state index is 12.3. The molecule has 1 unspecified atom stereocenters. The summed E-state index contributed by atoms with van der Waals surface area (Å²) in [6, 6.07) is 7.76. The molecule has 2 rings (SSSR count). The Labute approximate surface area is 141 Å². The van der Waals surface area contributed by atoms with E-state index in [0.717, 1.165) is 36.3 Å². The molecule has 1 heterocycles. The van der Waals surface area contributed by atoms with Crippen molar-refractivity contribution in [3.8, 4) is 5.75 Å². The number of halogens is 1. The SMILES string of the molecule is CCN(CCOc1ccc(Br)cc1)C(=O)CCC1CCNC1. The molecule has 1 aliphatic rings. The van der Waals surface area contributed by atoms with Crippen LogP contribution in [0, 0.1) is 5.92 Å². The number of nitrogens with zero attached hydrogens (tertiary/aromatic N) is 1. The van der Waals surface area contributed by atoms with E-state index in [1.807, 2.05) is 36.1 Å². The van der Waals surface area contributed by atoms with Gasteiger partial charge >= 0.3 is 0 Å². The molecule has 1 atom stereocenters. The van der Waals surface area contributed by atoms with Gasteiger partial charge in [-0.1, -0.05) is 15.9 Å². The van der Waals surface area contributed by atoms with Crippen LogP contribution in [0.25, 0.3) is 0 Å². The molecule has 0 spiro atoms. The number of ether oxygens (including phenoxy) is 1. The molecule has 1 N–H and O–H groups in total. The molecule has 1 aromatic rings. The summed E-state index contributed by atoms with van der Waals surface area (Å²) >= 11 is 3.40. The van der Waals surface area contributed by atoms with Crippen LogP contribution < -0.4 is 10.1 Å². The lowest BCUT2D eigenvalue weighted by molar-refractivity contribution is -0.131. The van der Waals surface area contributed by atoms with Crippen molar-refractivity contribution in [2.75, 3.05) is 32.8 Å². The second-order valence-corrected chi connectivity index (χ2v) is 6.59. The highest BCUT2D eigenvalue weighted by molar-refractivity contribution is 9.10. The molecule has 1 aliphatic heterocycles. The van der Waals surface area contributed by atoms with Gasteiger partial charge in [0.2, 0.25) is 5.91 Å². The molecule has 5 heteroatoms. The van der Waals surface area contributed by atoms with E-state index in [9.17, 15) is 4.79 Å². The third kappa shape index (κ3) is 5.61. The zero-order chi connectivity index (χ0) is 15.8. The summed E-state index contributed by atoms with van der Waals surface area (Å²) in [4.78, 5) is 14.2. The molecule has 0 aromatic heterocycles. The molecular formula is C17H25BrN2O2. The Bertz CT molecular complexity index is 458. The van der Waals surface area contributed by atoms with Crippen LogP contribution in [0.15, 0.2) is 28.7 Å². The number of hydrogen-bond acceptors (Lipinski definition) is 3. The van der Waals surface area contributed by atoms with Crippen LogP contribution >= 0.6 is 15.9 Å². The third-order valence-corrected chi connectivity index (χ3v) is 4.64. The molecule has 0 aliphatic carbocycles. The van der Waals surface area contributed by atoms with E-state index in [4.69, 9.17) is 4.74 Å². The zero-order valence-corrected chi connectivity index (χ0v) is 14.8. The molecule has 1 amide bonds. The monoisotopic (exact) mass is 368 g/mol. The Hall–Kier alpha value is -1.07. The number of likely N-dealkylation sites (N-methyl/N-ethyl adjacent to an activating group) is 1. The second-order valence-electron chi connectivity index (χ2n) is 5.67. The highest BCUT2D eigenvalue weighted by Gasteiger charge is 2.18. The minimum Gasteiger partial charge on any atom is -0.492 e. The Kier molecular flexibility index (Phi) is 7.19. The van der Waals surface area contributed by atoms with Crippen LogP contribution in [0.4, 0.5) is 0 Å². The Morgan fingerprint density at radius 2 is 2.18 bits per heavy atom. The van der Waals surface area contributed by atoms with Crippen molar-refractivity contribution in [3.05, 3.63) is 28.7 Å². The molecule has 1 aromatic carbocycles. The fourth-order valence-electron chi connectivity index (χ4n) is 2.71. The molecule has 1 saturated heterocycles. The Morgan fingerprint density at radius 3 is 2.82 bits per heavy atom. The van der Waals surface area contributed by atoms with Crippen molar-refractivity contribution in [3.63, 3.8) is 0 Å². The van der Waals surface area contributed by atoms with Crippen LogP contribution in [0.1, 0.15) is 26.2 Å². The van der Waals surface area contributed by atoms with Crippen molar-refractivity contribution in [2.45, 2.75) is 26.2 Å². The van der Waals surface area contributed by atoms with Gasteiger partial charge in [-0.15, -0.1) is 0 Å². The van der Waals surface area contributed by atoms with E-state index < -0.39 is 0 Å². The minimum absolute atomic E-state index is 0.244.